The molecule has 2 aliphatic rings. The fourth-order valence-electron chi connectivity index (χ4n) is 2.60. The fraction of sp³-hybridized carbons (Fsp3) is 0.538. The molecule has 1 aliphatic heterocycles. The van der Waals surface area contributed by atoms with Gasteiger partial charge < -0.3 is 5.11 Å². The van der Waals surface area contributed by atoms with Gasteiger partial charge in [0.2, 0.25) is 0 Å². The van der Waals surface area contributed by atoms with E-state index < -0.39 is 5.60 Å². The van der Waals surface area contributed by atoms with Crippen LogP contribution in [0.4, 0.5) is 0 Å². The van der Waals surface area contributed by atoms with Gasteiger partial charge in [-0.25, -0.2) is 0 Å². The lowest BCUT2D eigenvalue weighted by atomic mass is 9.93. The van der Waals surface area contributed by atoms with E-state index in [-0.39, 0.29) is 0 Å². The van der Waals surface area contributed by atoms with Gasteiger partial charge in [-0.05, 0) is 37.0 Å². The molecule has 1 saturated carbocycles. The van der Waals surface area contributed by atoms with E-state index in [1.165, 1.54) is 12.8 Å². The average Bonchev–Trinajstić information content (AvgIpc) is 3.07. The molecule has 2 nitrogen and oxygen atoms in total. The van der Waals surface area contributed by atoms with Gasteiger partial charge in [0.05, 0.1) is 10.0 Å². The molecular formula is C13H15Cl2NO. The molecule has 92 valence electrons. The van der Waals surface area contributed by atoms with Crippen LogP contribution in [-0.4, -0.2) is 29.1 Å². The number of rotatable bonds is 2. The van der Waals surface area contributed by atoms with E-state index in [0.717, 1.165) is 25.1 Å². The average molecular weight is 272 g/mol. The maximum atomic E-state index is 10.7. The van der Waals surface area contributed by atoms with Crippen molar-refractivity contribution in [3.63, 3.8) is 0 Å². The van der Waals surface area contributed by atoms with Crippen LogP contribution in [0.25, 0.3) is 0 Å². The highest BCUT2D eigenvalue weighted by Gasteiger charge is 2.43. The molecule has 1 aromatic rings. The smallest absolute Gasteiger partial charge is 0.104 e. The van der Waals surface area contributed by atoms with Gasteiger partial charge in [-0.3, -0.25) is 4.90 Å². The van der Waals surface area contributed by atoms with Gasteiger partial charge in [0, 0.05) is 19.1 Å². The summed E-state index contributed by atoms with van der Waals surface area (Å²) < 4.78 is 0. The van der Waals surface area contributed by atoms with Crippen molar-refractivity contribution >= 4 is 23.2 Å². The number of nitrogens with zero attached hydrogens (tertiary/aromatic N) is 1. The number of likely N-dealkylation sites (tertiary alicyclic amines) is 1. The summed E-state index contributed by atoms with van der Waals surface area (Å²) in [4.78, 5) is 2.38. The van der Waals surface area contributed by atoms with E-state index in [9.17, 15) is 5.11 Å². The van der Waals surface area contributed by atoms with Crippen molar-refractivity contribution in [2.45, 2.75) is 30.9 Å². The molecule has 1 N–H and O–H groups in total. The van der Waals surface area contributed by atoms with Crippen molar-refractivity contribution in [1.29, 1.82) is 0 Å². The number of hydrogen-bond acceptors (Lipinski definition) is 2. The summed E-state index contributed by atoms with van der Waals surface area (Å²) >= 11 is 11.9. The van der Waals surface area contributed by atoms with E-state index in [0.29, 0.717) is 16.1 Å². The predicted molar refractivity (Wildman–Crippen MR) is 69.6 cm³/mol. The molecule has 1 saturated heterocycles. The summed E-state index contributed by atoms with van der Waals surface area (Å²) in [6.07, 6.45) is 3.33. The third kappa shape index (κ3) is 2.19. The number of halogens is 2. The van der Waals surface area contributed by atoms with E-state index >= 15 is 0 Å². The maximum absolute atomic E-state index is 10.7. The lowest BCUT2D eigenvalue weighted by Crippen LogP contribution is -2.31. The largest absolute Gasteiger partial charge is 0.384 e. The number of β-amino-alcohol motifs (C(OH)–C–C–N with tert-alkyl or cyclic N) is 1. The third-order valence-corrected chi connectivity index (χ3v) is 4.54. The second-order valence-corrected chi connectivity index (χ2v) is 5.93. The predicted octanol–water partition coefficient (Wildman–Crippen LogP) is 3.05. The summed E-state index contributed by atoms with van der Waals surface area (Å²) in [6, 6.07) is 6.13. The zero-order valence-corrected chi connectivity index (χ0v) is 11.0. The molecule has 1 aromatic carbocycles. The van der Waals surface area contributed by atoms with Crippen LogP contribution in [0.3, 0.4) is 0 Å². The zero-order chi connectivity index (χ0) is 12.0. The molecule has 1 unspecified atom stereocenters. The molecule has 0 amide bonds. The summed E-state index contributed by atoms with van der Waals surface area (Å²) in [5.41, 5.74) is 0.131. The first-order valence-electron chi connectivity index (χ1n) is 6.00. The van der Waals surface area contributed by atoms with Crippen molar-refractivity contribution in [2.75, 3.05) is 13.1 Å². The van der Waals surface area contributed by atoms with Gasteiger partial charge in [-0.15, -0.1) is 0 Å². The summed E-state index contributed by atoms with van der Waals surface area (Å²) in [5.74, 6) is 0. The Morgan fingerprint density at radius 1 is 1.24 bits per heavy atom. The zero-order valence-electron chi connectivity index (χ0n) is 9.50. The van der Waals surface area contributed by atoms with E-state index in [1.807, 2.05) is 6.07 Å². The van der Waals surface area contributed by atoms with Crippen LogP contribution in [0.1, 0.15) is 24.8 Å². The van der Waals surface area contributed by atoms with Crippen molar-refractivity contribution in [3.8, 4) is 0 Å². The van der Waals surface area contributed by atoms with E-state index in [1.54, 1.807) is 12.1 Å². The first-order chi connectivity index (χ1) is 8.08. The van der Waals surface area contributed by atoms with Crippen molar-refractivity contribution < 1.29 is 5.11 Å². The van der Waals surface area contributed by atoms with Crippen LogP contribution in [-0.2, 0) is 5.60 Å². The molecule has 3 rings (SSSR count). The number of aliphatic hydroxyl groups is 1. The second-order valence-electron chi connectivity index (χ2n) is 5.11. The van der Waals surface area contributed by atoms with Crippen LogP contribution in [0.2, 0.25) is 10.0 Å². The molecule has 0 aromatic heterocycles. The maximum Gasteiger partial charge on any atom is 0.104 e. The highest BCUT2D eigenvalue weighted by Crippen LogP contribution is 2.39. The molecular weight excluding hydrogens is 257 g/mol. The van der Waals surface area contributed by atoms with Gasteiger partial charge in [0.25, 0.3) is 0 Å². The molecule has 0 bridgehead atoms. The normalized spacial score (nSPS) is 29.8. The monoisotopic (exact) mass is 271 g/mol. The molecule has 1 aliphatic carbocycles. The minimum absolute atomic E-state index is 0.516. The first-order valence-corrected chi connectivity index (χ1v) is 6.76. The van der Waals surface area contributed by atoms with Crippen molar-refractivity contribution in [3.05, 3.63) is 33.8 Å². The summed E-state index contributed by atoms with van der Waals surface area (Å²) in [6.45, 7) is 1.69. The Labute approximate surface area is 111 Å². The lowest BCUT2D eigenvalue weighted by Gasteiger charge is -2.24. The minimum Gasteiger partial charge on any atom is -0.384 e. The summed E-state index contributed by atoms with van der Waals surface area (Å²) in [5, 5.41) is 11.7. The Balaban J connectivity index is 1.84. The van der Waals surface area contributed by atoms with Crippen molar-refractivity contribution in [1.82, 2.24) is 4.90 Å². The Morgan fingerprint density at radius 3 is 2.65 bits per heavy atom. The van der Waals surface area contributed by atoms with Crippen molar-refractivity contribution in [2.24, 2.45) is 0 Å². The molecule has 1 heterocycles. The Kier molecular flexibility index (Phi) is 2.86. The van der Waals surface area contributed by atoms with Crippen LogP contribution < -0.4 is 0 Å². The number of benzene rings is 1. The van der Waals surface area contributed by atoms with Gasteiger partial charge in [0.1, 0.15) is 5.60 Å². The van der Waals surface area contributed by atoms with Crippen LogP contribution >= 0.6 is 23.2 Å². The molecule has 2 fully saturated rings. The molecule has 17 heavy (non-hydrogen) atoms. The van der Waals surface area contributed by atoms with Gasteiger partial charge in [-0.2, -0.15) is 0 Å². The Bertz CT molecular complexity index is 447. The second kappa shape index (κ2) is 4.13. The summed E-state index contributed by atoms with van der Waals surface area (Å²) in [7, 11) is 0. The van der Waals surface area contributed by atoms with E-state index in [4.69, 9.17) is 23.2 Å². The van der Waals surface area contributed by atoms with E-state index in [2.05, 4.69) is 4.90 Å². The Morgan fingerprint density at radius 2 is 2.00 bits per heavy atom. The topological polar surface area (TPSA) is 23.5 Å². The fourth-order valence-corrected chi connectivity index (χ4v) is 2.89. The molecule has 1 atom stereocenters. The highest BCUT2D eigenvalue weighted by atomic mass is 35.5. The molecule has 0 spiro atoms. The van der Waals surface area contributed by atoms with Crippen LogP contribution in [0.15, 0.2) is 18.2 Å². The number of hydrogen-bond donors (Lipinski definition) is 1. The lowest BCUT2D eigenvalue weighted by molar-refractivity contribution is 0.0452. The molecule has 4 heteroatoms. The standard InChI is InChI=1S/C13H15Cl2NO/c14-11-4-1-9(7-12(11)15)13(17)5-6-16(8-13)10-2-3-10/h1,4,7,10,17H,2-3,5-6,8H2. The van der Waals surface area contributed by atoms with Gasteiger partial charge in [-0.1, -0.05) is 29.3 Å². The minimum atomic E-state index is -0.753. The van der Waals surface area contributed by atoms with Gasteiger partial charge in [0.15, 0.2) is 0 Å². The van der Waals surface area contributed by atoms with Crippen LogP contribution in [0.5, 0.6) is 0 Å². The first kappa shape index (κ1) is 11.8. The van der Waals surface area contributed by atoms with Gasteiger partial charge >= 0.3 is 0 Å². The Hall–Kier alpha value is -0.280. The molecule has 0 radical (unpaired) electrons. The quantitative estimate of drug-likeness (QED) is 0.894. The highest BCUT2D eigenvalue weighted by molar-refractivity contribution is 6.42. The van der Waals surface area contributed by atoms with Crippen LogP contribution in [0, 0.1) is 0 Å². The third-order valence-electron chi connectivity index (χ3n) is 3.80. The SMILES string of the molecule is OC1(c2ccc(Cl)c(Cl)c2)CCN(C2CC2)C1.